The first kappa shape index (κ1) is 18.7. The molecule has 3 rings (SSSR count). The summed E-state index contributed by atoms with van der Waals surface area (Å²) in [4.78, 5) is 0. The highest BCUT2D eigenvalue weighted by molar-refractivity contribution is 5.29. The van der Waals surface area contributed by atoms with Gasteiger partial charge in [-0.15, -0.1) is 0 Å². The SMILES string of the molecule is CC(CCCC1C(O)OCCC1c1ccc(O)cc1)c1ccc(O)cc1. The Bertz CT molecular complexity index is 680. The molecule has 0 spiro atoms. The van der Waals surface area contributed by atoms with Crippen molar-refractivity contribution in [2.75, 3.05) is 6.61 Å². The number of phenols is 2. The zero-order valence-electron chi connectivity index (χ0n) is 15.2. The molecule has 3 N–H and O–H groups in total. The van der Waals surface area contributed by atoms with Gasteiger partial charge in [-0.2, -0.15) is 0 Å². The van der Waals surface area contributed by atoms with Crippen LogP contribution in [0, 0.1) is 5.92 Å². The lowest BCUT2D eigenvalue weighted by molar-refractivity contribution is -0.167. The normalized spacial score (nSPS) is 24.3. The summed E-state index contributed by atoms with van der Waals surface area (Å²) < 4.78 is 5.50. The van der Waals surface area contributed by atoms with Crippen LogP contribution in [0.1, 0.15) is 55.6 Å². The molecule has 2 aromatic carbocycles. The number of aliphatic hydroxyl groups is 1. The van der Waals surface area contributed by atoms with E-state index in [0.717, 1.165) is 31.2 Å². The van der Waals surface area contributed by atoms with Crippen LogP contribution in [-0.4, -0.2) is 28.2 Å². The van der Waals surface area contributed by atoms with Crippen LogP contribution in [0.25, 0.3) is 0 Å². The van der Waals surface area contributed by atoms with Gasteiger partial charge in [-0.1, -0.05) is 37.6 Å². The van der Waals surface area contributed by atoms with Gasteiger partial charge < -0.3 is 20.1 Å². The number of ether oxygens (including phenoxy) is 1. The Balaban J connectivity index is 1.60. The van der Waals surface area contributed by atoms with E-state index in [1.807, 2.05) is 24.3 Å². The van der Waals surface area contributed by atoms with Crippen molar-refractivity contribution in [1.82, 2.24) is 0 Å². The number of hydrogen-bond donors (Lipinski definition) is 3. The number of benzene rings is 2. The molecule has 0 bridgehead atoms. The third-order valence-electron chi connectivity index (χ3n) is 5.56. The van der Waals surface area contributed by atoms with E-state index in [1.54, 1.807) is 24.3 Å². The summed E-state index contributed by atoms with van der Waals surface area (Å²) in [5.41, 5.74) is 2.38. The molecule has 26 heavy (non-hydrogen) atoms. The summed E-state index contributed by atoms with van der Waals surface area (Å²) in [6.45, 7) is 2.75. The molecular formula is C22H28O4. The summed E-state index contributed by atoms with van der Waals surface area (Å²) in [5, 5.41) is 29.3. The highest BCUT2D eigenvalue weighted by Crippen LogP contribution is 2.39. The Morgan fingerprint density at radius 2 is 1.62 bits per heavy atom. The maximum absolute atomic E-state index is 10.4. The first-order chi connectivity index (χ1) is 12.5. The summed E-state index contributed by atoms with van der Waals surface area (Å²) in [6, 6.07) is 14.7. The van der Waals surface area contributed by atoms with Gasteiger partial charge in [0.25, 0.3) is 0 Å². The fraction of sp³-hybridized carbons (Fsp3) is 0.455. The third kappa shape index (κ3) is 4.57. The average Bonchev–Trinajstić information content (AvgIpc) is 2.64. The minimum absolute atomic E-state index is 0.0697. The number of hydrogen-bond acceptors (Lipinski definition) is 4. The van der Waals surface area contributed by atoms with Gasteiger partial charge in [0.05, 0.1) is 6.61 Å². The van der Waals surface area contributed by atoms with Crippen molar-refractivity contribution in [1.29, 1.82) is 0 Å². The van der Waals surface area contributed by atoms with Crippen LogP contribution in [-0.2, 0) is 4.74 Å². The van der Waals surface area contributed by atoms with Crippen molar-refractivity contribution in [2.24, 2.45) is 5.92 Å². The minimum Gasteiger partial charge on any atom is -0.508 e. The fourth-order valence-corrected chi connectivity index (χ4v) is 3.96. The van der Waals surface area contributed by atoms with E-state index in [2.05, 4.69) is 6.92 Å². The van der Waals surface area contributed by atoms with Crippen molar-refractivity contribution < 1.29 is 20.1 Å². The van der Waals surface area contributed by atoms with Gasteiger partial charge >= 0.3 is 0 Å². The Labute approximate surface area is 155 Å². The van der Waals surface area contributed by atoms with Crippen LogP contribution in [0.3, 0.4) is 0 Å². The summed E-state index contributed by atoms with van der Waals surface area (Å²) in [5.74, 6) is 1.29. The second-order valence-electron chi connectivity index (χ2n) is 7.34. The lowest BCUT2D eigenvalue weighted by atomic mass is 9.78. The van der Waals surface area contributed by atoms with Crippen LogP contribution in [0.5, 0.6) is 11.5 Å². The fourth-order valence-electron chi connectivity index (χ4n) is 3.96. The van der Waals surface area contributed by atoms with Crippen molar-refractivity contribution in [3.63, 3.8) is 0 Å². The molecule has 4 unspecified atom stereocenters. The lowest BCUT2D eigenvalue weighted by Crippen LogP contribution is -2.35. The van der Waals surface area contributed by atoms with E-state index >= 15 is 0 Å². The molecule has 140 valence electrons. The largest absolute Gasteiger partial charge is 0.508 e. The van der Waals surface area contributed by atoms with Crippen LogP contribution in [0.2, 0.25) is 0 Å². The zero-order valence-corrected chi connectivity index (χ0v) is 15.2. The molecule has 4 nitrogen and oxygen atoms in total. The average molecular weight is 356 g/mol. The highest BCUT2D eigenvalue weighted by atomic mass is 16.6. The highest BCUT2D eigenvalue weighted by Gasteiger charge is 2.33. The predicted molar refractivity (Wildman–Crippen MR) is 101 cm³/mol. The van der Waals surface area contributed by atoms with Gasteiger partial charge in [-0.3, -0.25) is 0 Å². The maximum Gasteiger partial charge on any atom is 0.157 e. The van der Waals surface area contributed by atoms with Gasteiger partial charge in [0, 0.05) is 5.92 Å². The molecule has 0 saturated carbocycles. The Morgan fingerprint density at radius 1 is 1.00 bits per heavy atom. The van der Waals surface area contributed by atoms with Crippen molar-refractivity contribution in [3.05, 3.63) is 59.7 Å². The van der Waals surface area contributed by atoms with Gasteiger partial charge in [0.15, 0.2) is 6.29 Å². The first-order valence-electron chi connectivity index (χ1n) is 9.42. The smallest absolute Gasteiger partial charge is 0.157 e. The van der Waals surface area contributed by atoms with Gasteiger partial charge in [-0.05, 0) is 66.5 Å². The minimum atomic E-state index is -0.730. The Hall–Kier alpha value is -2.04. The van der Waals surface area contributed by atoms with E-state index < -0.39 is 6.29 Å². The van der Waals surface area contributed by atoms with Gasteiger partial charge in [-0.25, -0.2) is 0 Å². The molecule has 4 atom stereocenters. The van der Waals surface area contributed by atoms with Crippen LogP contribution in [0.4, 0.5) is 0 Å². The molecule has 2 aromatic rings. The molecule has 1 fully saturated rings. The van der Waals surface area contributed by atoms with Crippen LogP contribution in [0.15, 0.2) is 48.5 Å². The van der Waals surface area contributed by atoms with Crippen molar-refractivity contribution in [3.8, 4) is 11.5 Å². The van der Waals surface area contributed by atoms with Crippen LogP contribution >= 0.6 is 0 Å². The van der Waals surface area contributed by atoms with E-state index in [1.165, 1.54) is 5.56 Å². The Kier molecular flexibility index (Phi) is 6.17. The predicted octanol–water partition coefficient (Wildman–Crippen LogP) is 4.51. The monoisotopic (exact) mass is 356 g/mol. The number of aliphatic hydroxyl groups excluding tert-OH is 1. The van der Waals surface area contributed by atoms with E-state index in [4.69, 9.17) is 4.74 Å². The second kappa shape index (κ2) is 8.56. The van der Waals surface area contributed by atoms with E-state index in [0.29, 0.717) is 18.3 Å². The molecule has 1 heterocycles. The number of phenolic OH excluding ortho intramolecular Hbond substituents is 2. The van der Waals surface area contributed by atoms with Crippen molar-refractivity contribution >= 4 is 0 Å². The number of rotatable bonds is 6. The molecule has 0 aliphatic carbocycles. The molecule has 4 heteroatoms. The van der Waals surface area contributed by atoms with Crippen LogP contribution < -0.4 is 0 Å². The maximum atomic E-state index is 10.4. The molecule has 0 radical (unpaired) electrons. The zero-order chi connectivity index (χ0) is 18.5. The molecule has 0 aromatic heterocycles. The summed E-state index contributed by atoms with van der Waals surface area (Å²) in [7, 11) is 0. The quantitative estimate of drug-likeness (QED) is 0.712. The summed E-state index contributed by atoms with van der Waals surface area (Å²) in [6.07, 6.45) is 3.08. The molecule has 0 amide bonds. The lowest BCUT2D eigenvalue weighted by Gasteiger charge is -2.36. The molecular weight excluding hydrogens is 328 g/mol. The molecule has 1 aliphatic heterocycles. The van der Waals surface area contributed by atoms with Gasteiger partial charge in [0.1, 0.15) is 11.5 Å². The third-order valence-corrected chi connectivity index (χ3v) is 5.56. The summed E-state index contributed by atoms with van der Waals surface area (Å²) >= 11 is 0. The van der Waals surface area contributed by atoms with E-state index in [9.17, 15) is 15.3 Å². The Morgan fingerprint density at radius 3 is 2.27 bits per heavy atom. The van der Waals surface area contributed by atoms with Crippen molar-refractivity contribution in [2.45, 2.75) is 50.7 Å². The topological polar surface area (TPSA) is 69.9 Å². The molecule has 1 aliphatic rings. The number of aromatic hydroxyl groups is 2. The first-order valence-corrected chi connectivity index (χ1v) is 9.42. The second-order valence-corrected chi connectivity index (χ2v) is 7.34. The standard InChI is InChI=1S/C22H28O4/c1-15(16-5-9-18(23)10-6-16)3-2-4-21-20(13-14-26-22(21)25)17-7-11-19(24)12-8-17/h5-12,15,20-25H,2-4,13-14H2,1H3. The van der Waals surface area contributed by atoms with E-state index in [-0.39, 0.29) is 17.6 Å². The van der Waals surface area contributed by atoms with Gasteiger partial charge in [0.2, 0.25) is 0 Å². The molecule has 1 saturated heterocycles.